The highest BCUT2D eigenvalue weighted by atomic mass is 16.4. The number of aliphatic carboxylic acids is 1. The first kappa shape index (κ1) is 10.2. The number of nitrogens with zero attached hydrogens (tertiary/aromatic N) is 2. The molecular formula is C8H10N2O4. The maximum absolute atomic E-state index is 10.7. The van der Waals surface area contributed by atoms with Crippen LogP contribution in [0.2, 0.25) is 0 Å². The normalized spacial score (nSPS) is 20.5. The minimum atomic E-state index is -1.20. The van der Waals surface area contributed by atoms with Crippen molar-refractivity contribution in [3.05, 3.63) is 11.8 Å². The van der Waals surface area contributed by atoms with Crippen LogP contribution in [0.25, 0.3) is 0 Å². The summed E-state index contributed by atoms with van der Waals surface area (Å²) in [6.07, 6.45) is 1.04. The van der Waals surface area contributed by atoms with Crippen molar-refractivity contribution >= 4 is 18.3 Å². The highest BCUT2D eigenvalue weighted by Crippen LogP contribution is 2.13. The number of carboxylic acids is 1. The Hall–Kier alpha value is -1.85. The first-order chi connectivity index (χ1) is 6.56. The van der Waals surface area contributed by atoms with Crippen LogP contribution in [0.3, 0.4) is 0 Å². The lowest BCUT2D eigenvalue weighted by atomic mass is 10.2. The summed E-state index contributed by atoms with van der Waals surface area (Å²) in [6.45, 7) is 1.78. The second-order valence-corrected chi connectivity index (χ2v) is 2.75. The third kappa shape index (κ3) is 1.90. The predicted molar refractivity (Wildman–Crippen MR) is 48.2 cm³/mol. The largest absolute Gasteiger partial charge is 0.478 e. The van der Waals surface area contributed by atoms with Gasteiger partial charge in [0.1, 0.15) is 6.17 Å². The smallest absolute Gasteiger partial charge is 0.413 e. The summed E-state index contributed by atoms with van der Waals surface area (Å²) in [5, 5.41) is 17.4. The van der Waals surface area contributed by atoms with Gasteiger partial charge in [-0.3, -0.25) is 9.89 Å². The molecule has 1 aliphatic heterocycles. The van der Waals surface area contributed by atoms with Crippen LogP contribution in [0.15, 0.2) is 16.8 Å². The van der Waals surface area contributed by atoms with Crippen molar-refractivity contribution in [1.82, 2.24) is 4.90 Å². The summed E-state index contributed by atoms with van der Waals surface area (Å²) in [5.74, 6) is -1.19. The SMILES string of the molecule is CCC1N=CC(C(=O)O)=CN1C(=O)O. The summed E-state index contributed by atoms with van der Waals surface area (Å²) in [4.78, 5) is 26.0. The van der Waals surface area contributed by atoms with Crippen molar-refractivity contribution in [1.29, 1.82) is 0 Å². The van der Waals surface area contributed by atoms with E-state index in [2.05, 4.69) is 4.99 Å². The Morgan fingerprint density at radius 1 is 1.57 bits per heavy atom. The molecule has 1 aliphatic rings. The average Bonchev–Trinajstić information content (AvgIpc) is 2.16. The van der Waals surface area contributed by atoms with Gasteiger partial charge in [-0.25, -0.2) is 9.59 Å². The molecule has 6 nitrogen and oxygen atoms in total. The maximum atomic E-state index is 10.7. The van der Waals surface area contributed by atoms with Gasteiger partial charge in [0, 0.05) is 12.4 Å². The van der Waals surface area contributed by atoms with E-state index in [1.165, 1.54) is 6.21 Å². The Labute approximate surface area is 80.2 Å². The van der Waals surface area contributed by atoms with Crippen LogP contribution in [0.5, 0.6) is 0 Å². The van der Waals surface area contributed by atoms with Gasteiger partial charge in [0.15, 0.2) is 0 Å². The van der Waals surface area contributed by atoms with Crippen LogP contribution in [-0.4, -0.2) is 39.6 Å². The van der Waals surface area contributed by atoms with E-state index in [1.54, 1.807) is 6.92 Å². The number of hydrogen-bond acceptors (Lipinski definition) is 3. The van der Waals surface area contributed by atoms with Gasteiger partial charge in [-0.1, -0.05) is 6.92 Å². The third-order valence-corrected chi connectivity index (χ3v) is 1.82. The zero-order chi connectivity index (χ0) is 10.7. The molecule has 0 aromatic heterocycles. The Kier molecular flexibility index (Phi) is 2.85. The second-order valence-electron chi connectivity index (χ2n) is 2.75. The van der Waals surface area contributed by atoms with Crippen LogP contribution in [0, 0.1) is 0 Å². The van der Waals surface area contributed by atoms with Gasteiger partial charge in [0.2, 0.25) is 0 Å². The van der Waals surface area contributed by atoms with Crippen molar-refractivity contribution in [2.45, 2.75) is 19.5 Å². The summed E-state index contributed by atoms with van der Waals surface area (Å²) >= 11 is 0. The molecule has 1 heterocycles. The molecule has 0 saturated carbocycles. The van der Waals surface area contributed by atoms with Crippen LogP contribution in [0.4, 0.5) is 4.79 Å². The third-order valence-electron chi connectivity index (χ3n) is 1.82. The highest BCUT2D eigenvalue weighted by molar-refractivity contribution is 6.09. The molecular weight excluding hydrogens is 188 g/mol. The molecule has 0 aliphatic carbocycles. The van der Waals surface area contributed by atoms with Gasteiger partial charge < -0.3 is 10.2 Å². The molecule has 1 atom stereocenters. The summed E-state index contributed by atoms with van der Waals surface area (Å²) < 4.78 is 0. The summed E-state index contributed by atoms with van der Waals surface area (Å²) in [5.41, 5.74) is -0.128. The zero-order valence-electron chi connectivity index (χ0n) is 7.54. The lowest BCUT2D eigenvalue weighted by Gasteiger charge is -2.24. The molecule has 0 fully saturated rings. The van der Waals surface area contributed by atoms with Crippen molar-refractivity contribution in [2.24, 2.45) is 4.99 Å². The monoisotopic (exact) mass is 198 g/mol. The number of carbonyl (C=O) groups is 2. The Morgan fingerprint density at radius 2 is 2.21 bits per heavy atom. The standard InChI is InChI=1S/C8H10N2O4/c1-2-6-9-3-5(7(11)12)4-10(6)8(13)14/h3-4,6H,2H2,1H3,(H,11,12)(H,13,14). The van der Waals surface area contributed by atoms with Crippen LogP contribution in [-0.2, 0) is 4.79 Å². The molecule has 6 heteroatoms. The van der Waals surface area contributed by atoms with Crippen molar-refractivity contribution in [2.75, 3.05) is 0 Å². The van der Waals surface area contributed by atoms with E-state index >= 15 is 0 Å². The molecule has 0 aromatic carbocycles. The lowest BCUT2D eigenvalue weighted by molar-refractivity contribution is -0.132. The lowest BCUT2D eigenvalue weighted by Crippen LogP contribution is -2.36. The van der Waals surface area contributed by atoms with Gasteiger partial charge in [0.25, 0.3) is 0 Å². The number of hydrogen-bond donors (Lipinski definition) is 2. The molecule has 2 N–H and O–H groups in total. The van der Waals surface area contributed by atoms with E-state index in [9.17, 15) is 9.59 Å². The van der Waals surface area contributed by atoms with E-state index in [0.29, 0.717) is 6.42 Å². The van der Waals surface area contributed by atoms with Crippen molar-refractivity contribution in [3.8, 4) is 0 Å². The van der Waals surface area contributed by atoms with Crippen LogP contribution < -0.4 is 0 Å². The second kappa shape index (κ2) is 3.91. The van der Waals surface area contributed by atoms with Gasteiger partial charge in [0.05, 0.1) is 5.57 Å². The van der Waals surface area contributed by atoms with E-state index in [-0.39, 0.29) is 5.57 Å². The minimum absolute atomic E-state index is 0.128. The average molecular weight is 198 g/mol. The molecule has 1 amide bonds. The number of rotatable bonds is 2. The number of carboxylic acid groups (broad SMARTS) is 2. The molecule has 1 unspecified atom stereocenters. The molecule has 76 valence electrons. The molecule has 0 aromatic rings. The molecule has 1 rings (SSSR count). The highest BCUT2D eigenvalue weighted by Gasteiger charge is 2.24. The first-order valence-electron chi connectivity index (χ1n) is 4.05. The Bertz CT molecular complexity index is 321. The van der Waals surface area contributed by atoms with E-state index in [4.69, 9.17) is 10.2 Å². The molecule has 0 radical (unpaired) electrons. The molecule has 0 spiro atoms. The Morgan fingerprint density at radius 3 is 2.64 bits per heavy atom. The van der Waals surface area contributed by atoms with Gasteiger partial charge in [-0.2, -0.15) is 0 Å². The zero-order valence-corrected chi connectivity index (χ0v) is 7.54. The van der Waals surface area contributed by atoms with Crippen molar-refractivity contribution < 1.29 is 19.8 Å². The van der Waals surface area contributed by atoms with Gasteiger partial charge in [-0.15, -0.1) is 0 Å². The van der Waals surface area contributed by atoms with Gasteiger partial charge >= 0.3 is 12.1 Å². The number of aliphatic imine (C=N–C) groups is 1. The summed E-state index contributed by atoms with van der Waals surface area (Å²) in [6, 6.07) is 0. The topological polar surface area (TPSA) is 90.2 Å². The summed E-state index contributed by atoms with van der Waals surface area (Å²) in [7, 11) is 0. The fourth-order valence-electron chi connectivity index (χ4n) is 1.10. The molecule has 0 saturated heterocycles. The quantitative estimate of drug-likeness (QED) is 0.685. The maximum Gasteiger partial charge on any atom is 0.413 e. The van der Waals surface area contributed by atoms with E-state index in [0.717, 1.165) is 11.1 Å². The van der Waals surface area contributed by atoms with Crippen LogP contribution in [0.1, 0.15) is 13.3 Å². The van der Waals surface area contributed by atoms with E-state index in [1.807, 2.05) is 0 Å². The van der Waals surface area contributed by atoms with Crippen molar-refractivity contribution in [3.63, 3.8) is 0 Å². The molecule has 14 heavy (non-hydrogen) atoms. The molecule has 0 bridgehead atoms. The fraction of sp³-hybridized carbons (Fsp3) is 0.375. The predicted octanol–water partition coefficient (Wildman–Crippen LogP) is 0.755. The Balaban J connectivity index is 2.94. The van der Waals surface area contributed by atoms with E-state index < -0.39 is 18.2 Å². The minimum Gasteiger partial charge on any atom is -0.478 e. The number of amides is 1. The van der Waals surface area contributed by atoms with Crippen LogP contribution >= 0.6 is 0 Å². The first-order valence-corrected chi connectivity index (χ1v) is 4.05. The fourth-order valence-corrected chi connectivity index (χ4v) is 1.10. The van der Waals surface area contributed by atoms with Gasteiger partial charge in [-0.05, 0) is 6.42 Å².